The van der Waals surface area contributed by atoms with Crippen molar-refractivity contribution in [2.75, 3.05) is 7.11 Å². The Labute approximate surface area is 146 Å². The molecule has 0 bridgehead atoms. The normalized spacial score (nSPS) is 10.9. The first-order valence-corrected chi connectivity index (χ1v) is 8.11. The number of hydrogen-bond acceptors (Lipinski definition) is 3. The second kappa shape index (κ2) is 6.32. The van der Waals surface area contributed by atoms with Crippen LogP contribution in [-0.2, 0) is 6.54 Å². The summed E-state index contributed by atoms with van der Waals surface area (Å²) in [5, 5.41) is 9.72. The van der Waals surface area contributed by atoms with Gasteiger partial charge in [-0.2, -0.15) is 0 Å². The van der Waals surface area contributed by atoms with Crippen molar-refractivity contribution in [3.63, 3.8) is 0 Å². The van der Waals surface area contributed by atoms with E-state index in [1.54, 1.807) is 13.2 Å². The number of methoxy groups -OCH3 is 1. The minimum absolute atomic E-state index is 0.148. The summed E-state index contributed by atoms with van der Waals surface area (Å²) >= 11 is 0. The number of phenols is 1. The molecule has 0 radical (unpaired) electrons. The van der Waals surface area contributed by atoms with E-state index in [0.717, 1.165) is 28.7 Å². The van der Waals surface area contributed by atoms with Crippen LogP contribution in [0.25, 0.3) is 22.2 Å². The lowest BCUT2D eigenvalue weighted by Crippen LogP contribution is -1.97. The van der Waals surface area contributed by atoms with Gasteiger partial charge in [-0.1, -0.05) is 42.5 Å². The van der Waals surface area contributed by atoms with Gasteiger partial charge in [-0.25, -0.2) is 4.98 Å². The molecule has 1 aromatic heterocycles. The molecule has 0 saturated carbocycles. The van der Waals surface area contributed by atoms with Gasteiger partial charge in [0.1, 0.15) is 0 Å². The maximum atomic E-state index is 9.72. The Morgan fingerprint density at radius 2 is 1.72 bits per heavy atom. The van der Waals surface area contributed by atoms with Crippen LogP contribution in [0.4, 0.5) is 0 Å². The lowest BCUT2D eigenvalue weighted by atomic mass is 10.0. The summed E-state index contributed by atoms with van der Waals surface area (Å²) in [5.41, 5.74) is 5.44. The molecule has 1 heterocycles. The fourth-order valence-corrected chi connectivity index (χ4v) is 2.99. The van der Waals surface area contributed by atoms with Crippen LogP contribution in [-0.4, -0.2) is 21.8 Å². The first-order chi connectivity index (χ1) is 12.2. The van der Waals surface area contributed by atoms with Crippen molar-refractivity contribution < 1.29 is 9.84 Å². The quantitative estimate of drug-likeness (QED) is 0.601. The first kappa shape index (κ1) is 15.3. The summed E-state index contributed by atoms with van der Waals surface area (Å²) < 4.78 is 7.33. The first-order valence-electron chi connectivity index (χ1n) is 8.11. The van der Waals surface area contributed by atoms with E-state index in [2.05, 4.69) is 39.9 Å². The molecule has 0 amide bonds. The van der Waals surface area contributed by atoms with Gasteiger partial charge < -0.3 is 14.4 Å². The van der Waals surface area contributed by atoms with Gasteiger partial charge in [0, 0.05) is 6.54 Å². The fourth-order valence-electron chi connectivity index (χ4n) is 2.99. The van der Waals surface area contributed by atoms with E-state index in [0.29, 0.717) is 5.75 Å². The van der Waals surface area contributed by atoms with Crippen LogP contribution in [0.5, 0.6) is 11.5 Å². The molecule has 25 heavy (non-hydrogen) atoms. The number of nitrogens with zero attached hydrogens (tertiary/aromatic N) is 2. The third-order valence-electron chi connectivity index (χ3n) is 4.35. The lowest BCUT2D eigenvalue weighted by molar-refractivity contribution is 0.373. The van der Waals surface area contributed by atoms with Crippen LogP contribution in [0.1, 0.15) is 5.56 Å². The fraction of sp³-hybridized carbons (Fsp3) is 0.0952. The largest absolute Gasteiger partial charge is 0.504 e. The second-order valence-corrected chi connectivity index (χ2v) is 5.94. The molecule has 124 valence electrons. The van der Waals surface area contributed by atoms with Crippen molar-refractivity contribution in [1.82, 2.24) is 9.55 Å². The number of benzene rings is 3. The summed E-state index contributed by atoms with van der Waals surface area (Å²) in [5.74, 6) is 0.626. The molecule has 0 aliphatic carbocycles. The molecule has 0 atom stereocenters. The van der Waals surface area contributed by atoms with Gasteiger partial charge in [0.25, 0.3) is 0 Å². The van der Waals surface area contributed by atoms with Crippen LogP contribution >= 0.6 is 0 Å². The summed E-state index contributed by atoms with van der Waals surface area (Å²) in [6.45, 7) is 0.777. The number of aromatic nitrogens is 2. The number of para-hydroxylation sites is 2. The van der Waals surface area contributed by atoms with Gasteiger partial charge in [-0.3, -0.25) is 0 Å². The van der Waals surface area contributed by atoms with E-state index >= 15 is 0 Å². The van der Waals surface area contributed by atoms with Crippen molar-refractivity contribution in [2.45, 2.75) is 6.54 Å². The number of aromatic hydroxyl groups is 1. The van der Waals surface area contributed by atoms with Gasteiger partial charge in [-0.15, -0.1) is 0 Å². The third kappa shape index (κ3) is 2.94. The molecule has 0 aliphatic rings. The number of rotatable bonds is 4. The predicted octanol–water partition coefficient (Wildman–Crippen LogP) is 4.47. The zero-order chi connectivity index (χ0) is 17.2. The highest BCUT2D eigenvalue weighted by Gasteiger charge is 2.06. The maximum Gasteiger partial charge on any atom is 0.161 e. The molecule has 0 fully saturated rings. The monoisotopic (exact) mass is 330 g/mol. The molecule has 4 nitrogen and oxygen atoms in total. The molecule has 0 aliphatic heterocycles. The van der Waals surface area contributed by atoms with E-state index in [9.17, 15) is 5.11 Å². The Hall–Kier alpha value is -3.27. The van der Waals surface area contributed by atoms with Gasteiger partial charge in [0.15, 0.2) is 11.5 Å². The molecular weight excluding hydrogens is 312 g/mol. The Bertz CT molecular complexity index is 1020. The molecule has 0 unspecified atom stereocenters. The zero-order valence-electron chi connectivity index (χ0n) is 13.9. The predicted molar refractivity (Wildman–Crippen MR) is 98.9 cm³/mol. The van der Waals surface area contributed by atoms with Crippen molar-refractivity contribution >= 4 is 11.0 Å². The Morgan fingerprint density at radius 1 is 0.960 bits per heavy atom. The van der Waals surface area contributed by atoms with Crippen molar-refractivity contribution in [3.8, 4) is 22.6 Å². The smallest absolute Gasteiger partial charge is 0.161 e. The van der Waals surface area contributed by atoms with Crippen LogP contribution in [0.2, 0.25) is 0 Å². The highest BCUT2D eigenvalue weighted by atomic mass is 16.5. The average Bonchev–Trinajstić information content (AvgIpc) is 3.06. The minimum Gasteiger partial charge on any atom is -0.504 e. The number of hydrogen-bond donors (Lipinski definition) is 1. The van der Waals surface area contributed by atoms with E-state index in [4.69, 9.17) is 4.74 Å². The highest BCUT2D eigenvalue weighted by Crippen LogP contribution is 2.31. The van der Waals surface area contributed by atoms with Crippen LogP contribution in [0, 0.1) is 0 Å². The third-order valence-corrected chi connectivity index (χ3v) is 4.35. The Morgan fingerprint density at radius 3 is 2.52 bits per heavy atom. The van der Waals surface area contributed by atoms with E-state index in [1.165, 1.54) is 5.56 Å². The molecule has 4 heteroatoms. The van der Waals surface area contributed by atoms with Crippen molar-refractivity contribution in [2.24, 2.45) is 0 Å². The molecule has 4 aromatic rings. The Kier molecular flexibility index (Phi) is 3.86. The number of imidazole rings is 1. The molecule has 1 N–H and O–H groups in total. The maximum absolute atomic E-state index is 9.72. The summed E-state index contributed by atoms with van der Waals surface area (Å²) in [6.07, 6.45) is 1.88. The average molecular weight is 330 g/mol. The zero-order valence-corrected chi connectivity index (χ0v) is 13.9. The van der Waals surface area contributed by atoms with E-state index in [-0.39, 0.29) is 5.75 Å². The summed E-state index contributed by atoms with van der Waals surface area (Å²) in [7, 11) is 1.55. The molecule has 0 saturated heterocycles. The van der Waals surface area contributed by atoms with Gasteiger partial charge in [0.05, 0.1) is 24.5 Å². The Balaban J connectivity index is 1.60. The van der Waals surface area contributed by atoms with Crippen LogP contribution < -0.4 is 4.74 Å². The molecule has 3 aromatic carbocycles. The van der Waals surface area contributed by atoms with Gasteiger partial charge >= 0.3 is 0 Å². The molecule has 4 rings (SSSR count). The SMILES string of the molecule is COc1cc(-c2ccc(Cn3cnc4ccccc43)cc2)ccc1O. The van der Waals surface area contributed by atoms with Crippen molar-refractivity contribution in [3.05, 3.63) is 78.6 Å². The number of phenolic OH excluding ortho intramolecular Hbond substituents is 1. The van der Waals surface area contributed by atoms with E-state index < -0.39 is 0 Å². The molecular formula is C21H18N2O2. The topological polar surface area (TPSA) is 47.3 Å². The van der Waals surface area contributed by atoms with Gasteiger partial charge in [0.2, 0.25) is 0 Å². The number of ether oxygens (including phenoxy) is 1. The highest BCUT2D eigenvalue weighted by molar-refractivity contribution is 5.75. The summed E-state index contributed by atoms with van der Waals surface area (Å²) in [4.78, 5) is 4.43. The summed E-state index contributed by atoms with van der Waals surface area (Å²) in [6, 6.07) is 21.9. The van der Waals surface area contributed by atoms with Crippen LogP contribution in [0.3, 0.4) is 0 Å². The van der Waals surface area contributed by atoms with Crippen molar-refractivity contribution in [1.29, 1.82) is 0 Å². The van der Waals surface area contributed by atoms with E-state index in [1.807, 2.05) is 36.7 Å². The second-order valence-electron chi connectivity index (χ2n) is 5.94. The molecule has 0 spiro atoms. The van der Waals surface area contributed by atoms with Gasteiger partial charge in [-0.05, 0) is 41.0 Å². The minimum atomic E-state index is 0.148. The standard InChI is InChI=1S/C21H18N2O2/c1-25-21-12-17(10-11-20(21)24)16-8-6-15(7-9-16)13-23-14-22-18-4-2-3-5-19(18)23/h2-12,14,24H,13H2,1H3. The number of fused-ring (bicyclic) bond motifs is 1. The lowest BCUT2D eigenvalue weighted by Gasteiger charge is -2.09. The van der Waals surface area contributed by atoms with Crippen LogP contribution in [0.15, 0.2) is 73.1 Å².